The molecule has 3 fully saturated rings. The van der Waals surface area contributed by atoms with Gasteiger partial charge in [0.1, 0.15) is 6.61 Å². The number of rotatable bonds is 4. The van der Waals surface area contributed by atoms with E-state index in [4.69, 9.17) is 0 Å². The fourth-order valence-electron chi connectivity index (χ4n) is 4.30. The van der Waals surface area contributed by atoms with Gasteiger partial charge in [-0.15, -0.1) is 0 Å². The van der Waals surface area contributed by atoms with Gasteiger partial charge < -0.3 is 19.7 Å². The molecule has 6 atom stereocenters. The lowest BCUT2D eigenvalue weighted by atomic mass is 9.81. The first kappa shape index (κ1) is 16.5. The number of methoxy groups -OCH3 is 1. The molecule has 3 aliphatic rings. The van der Waals surface area contributed by atoms with Crippen LogP contribution in [0.2, 0.25) is 0 Å². The molecule has 3 rings (SSSR count). The minimum Gasteiger partial charge on any atom is -0.460 e. The van der Waals surface area contributed by atoms with Gasteiger partial charge in [0.2, 0.25) is 0 Å². The second-order valence-electron chi connectivity index (χ2n) is 6.23. The summed E-state index contributed by atoms with van der Waals surface area (Å²) < 4.78 is 9.17. The average molecular weight is 298 g/mol. The van der Waals surface area contributed by atoms with Crippen LogP contribution in [0.4, 0.5) is 0 Å². The number of hydrogen-bond donors (Lipinski definition) is 2. The third-order valence-corrected chi connectivity index (χ3v) is 5.16. The molecule has 0 aromatic rings. The highest BCUT2D eigenvalue weighted by Crippen LogP contribution is 2.58. The Labute approximate surface area is 125 Å². The molecular weight excluding hydrogens is 272 g/mol. The summed E-state index contributed by atoms with van der Waals surface area (Å²) in [5, 5.41) is 19.3. The Hall–Kier alpha value is -0.910. The van der Waals surface area contributed by atoms with Gasteiger partial charge in [0, 0.05) is 13.2 Å². The molecule has 2 N–H and O–H groups in total. The molecule has 2 bridgehead atoms. The number of ether oxygens (including phenoxy) is 2. The normalized spacial score (nSPS) is 39.4. The summed E-state index contributed by atoms with van der Waals surface area (Å²) in [5.41, 5.74) is 0. The maximum atomic E-state index is 10.3. The second kappa shape index (κ2) is 7.38. The van der Waals surface area contributed by atoms with Crippen LogP contribution in [-0.4, -0.2) is 48.7 Å². The molecule has 0 heterocycles. The lowest BCUT2D eigenvalue weighted by Gasteiger charge is -2.25. The van der Waals surface area contributed by atoms with E-state index in [1.54, 1.807) is 7.11 Å². The maximum Gasteiger partial charge on any atom is 0.330 e. The number of aliphatic hydroxyl groups is 2. The molecule has 0 aromatic heterocycles. The Morgan fingerprint density at radius 2 is 1.95 bits per heavy atom. The van der Waals surface area contributed by atoms with E-state index in [9.17, 15) is 15.0 Å². The van der Waals surface area contributed by atoms with Crippen molar-refractivity contribution in [3.63, 3.8) is 0 Å². The van der Waals surface area contributed by atoms with Gasteiger partial charge in [0.15, 0.2) is 0 Å². The topological polar surface area (TPSA) is 76.0 Å². The molecular formula is C16H26O5. The Morgan fingerprint density at radius 1 is 1.24 bits per heavy atom. The summed E-state index contributed by atoms with van der Waals surface area (Å²) in [7, 11) is 1.54. The fourth-order valence-corrected chi connectivity index (χ4v) is 4.30. The van der Waals surface area contributed by atoms with Crippen molar-refractivity contribution in [2.24, 2.45) is 23.7 Å². The SMILES string of the molecule is C=CC(=O)OCCOC.OC1CC2C3CCC(C3)C2C1O. The highest BCUT2D eigenvalue weighted by Gasteiger charge is 2.56. The van der Waals surface area contributed by atoms with Crippen molar-refractivity contribution in [3.05, 3.63) is 12.7 Å². The van der Waals surface area contributed by atoms with Gasteiger partial charge in [-0.05, 0) is 49.4 Å². The van der Waals surface area contributed by atoms with Crippen molar-refractivity contribution >= 4 is 5.97 Å². The number of aliphatic hydroxyl groups excluding tert-OH is 2. The molecule has 0 saturated heterocycles. The van der Waals surface area contributed by atoms with E-state index in [0.717, 1.165) is 24.3 Å². The van der Waals surface area contributed by atoms with Gasteiger partial charge in [0.25, 0.3) is 0 Å². The van der Waals surface area contributed by atoms with E-state index < -0.39 is 18.2 Å². The number of carbonyl (C=O) groups excluding carboxylic acids is 1. The van der Waals surface area contributed by atoms with Crippen LogP contribution < -0.4 is 0 Å². The van der Waals surface area contributed by atoms with E-state index in [-0.39, 0.29) is 0 Å². The van der Waals surface area contributed by atoms with Gasteiger partial charge in [-0.2, -0.15) is 0 Å². The molecule has 3 aliphatic carbocycles. The van der Waals surface area contributed by atoms with Crippen molar-refractivity contribution in [2.45, 2.75) is 37.9 Å². The number of fused-ring (bicyclic) bond motifs is 5. The molecule has 0 aliphatic heterocycles. The van der Waals surface area contributed by atoms with Crippen LogP contribution in [0.5, 0.6) is 0 Å². The van der Waals surface area contributed by atoms with Gasteiger partial charge in [-0.25, -0.2) is 4.79 Å². The maximum absolute atomic E-state index is 10.3. The van der Waals surface area contributed by atoms with Crippen LogP contribution in [-0.2, 0) is 14.3 Å². The zero-order valence-electron chi connectivity index (χ0n) is 12.6. The van der Waals surface area contributed by atoms with Crippen LogP contribution in [0.15, 0.2) is 12.7 Å². The Kier molecular flexibility index (Phi) is 5.79. The fraction of sp³-hybridized carbons (Fsp3) is 0.812. The third kappa shape index (κ3) is 3.65. The van der Waals surface area contributed by atoms with Crippen LogP contribution in [0.25, 0.3) is 0 Å². The minimum absolute atomic E-state index is 0.293. The molecule has 5 heteroatoms. The Bertz CT molecular complexity index is 368. The summed E-state index contributed by atoms with van der Waals surface area (Å²) in [4.78, 5) is 10.3. The molecule has 5 nitrogen and oxygen atoms in total. The third-order valence-electron chi connectivity index (χ3n) is 5.16. The summed E-state index contributed by atoms with van der Waals surface area (Å²) in [5.74, 6) is 2.29. The van der Waals surface area contributed by atoms with Crippen molar-refractivity contribution < 1.29 is 24.5 Å². The lowest BCUT2D eigenvalue weighted by molar-refractivity contribution is -0.138. The molecule has 120 valence electrons. The number of carbonyl (C=O) groups is 1. The van der Waals surface area contributed by atoms with Crippen molar-refractivity contribution in [1.29, 1.82) is 0 Å². The van der Waals surface area contributed by atoms with Crippen LogP contribution in [0.1, 0.15) is 25.7 Å². The molecule has 21 heavy (non-hydrogen) atoms. The van der Waals surface area contributed by atoms with E-state index >= 15 is 0 Å². The van der Waals surface area contributed by atoms with Crippen LogP contribution in [0, 0.1) is 23.7 Å². The largest absolute Gasteiger partial charge is 0.460 e. The van der Waals surface area contributed by atoms with Gasteiger partial charge in [-0.3, -0.25) is 0 Å². The predicted octanol–water partition coefficient (Wildman–Crippen LogP) is 1.14. The zero-order valence-corrected chi connectivity index (χ0v) is 12.6. The van der Waals surface area contributed by atoms with Gasteiger partial charge >= 0.3 is 5.97 Å². The molecule has 6 unspecified atom stereocenters. The first-order valence-corrected chi connectivity index (χ1v) is 7.72. The van der Waals surface area contributed by atoms with Crippen LogP contribution in [0.3, 0.4) is 0 Å². The first-order chi connectivity index (χ1) is 10.1. The summed E-state index contributed by atoms with van der Waals surface area (Å²) in [6.07, 6.45) is 5.16. The lowest BCUT2D eigenvalue weighted by Crippen LogP contribution is -2.29. The Balaban J connectivity index is 0.000000163. The van der Waals surface area contributed by atoms with E-state index in [0.29, 0.717) is 25.0 Å². The van der Waals surface area contributed by atoms with Crippen LogP contribution >= 0.6 is 0 Å². The molecule has 0 aromatic carbocycles. The molecule has 3 saturated carbocycles. The van der Waals surface area contributed by atoms with Gasteiger partial charge in [-0.1, -0.05) is 6.58 Å². The predicted molar refractivity (Wildman–Crippen MR) is 77.5 cm³/mol. The zero-order chi connectivity index (χ0) is 15.4. The standard InChI is InChI=1S/C10H16O2.C6H10O3/c11-8-4-7-5-1-2-6(3-5)9(7)10(8)12;1-3-6(7)9-5-4-8-2/h5-12H,1-4H2;3H,1,4-5H2,2H3. The highest BCUT2D eigenvalue weighted by atomic mass is 16.6. The molecule has 0 spiro atoms. The summed E-state index contributed by atoms with van der Waals surface area (Å²) in [6.45, 7) is 3.95. The number of hydrogen-bond acceptors (Lipinski definition) is 5. The first-order valence-electron chi connectivity index (χ1n) is 7.72. The smallest absolute Gasteiger partial charge is 0.330 e. The molecule has 0 amide bonds. The molecule has 0 radical (unpaired) electrons. The van der Waals surface area contributed by atoms with Gasteiger partial charge in [0.05, 0.1) is 18.8 Å². The van der Waals surface area contributed by atoms with Crippen molar-refractivity contribution in [3.8, 4) is 0 Å². The van der Waals surface area contributed by atoms with Crippen molar-refractivity contribution in [1.82, 2.24) is 0 Å². The van der Waals surface area contributed by atoms with E-state index in [1.165, 1.54) is 19.3 Å². The van der Waals surface area contributed by atoms with E-state index in [1.807, 2.05) is 0 Å². The second-order valence-corrected chi connectivity index (χ2v) is 6.23. The van der Waals surface area contributed by atoms with Crippen molar-refractivity contribution in [2.75, 3.05) is 20.3 Å². The summed E-state index contributed by atoms with van der Waals surface area (Å²) in [6, 6.07) is 0. The Morgan fingerprint density at radius 3 is 2.57 bits per heavy atom. The van der Waals surface area contributed by atoms with E-state index in [2.05, 4.69) is 16.1 Å². The number of esters is 1. The quantitative estimate of drug-likeness (QED) is 0.462. The highest BCUT2D eigenvalue weighted by molar-refractivity contribution is 5.81. The minimum atomic E-state index is -0.414. The average Bonchev–Trinajstić information content (AvgIpc) is 3.15. The summed E-state index contributed by atoms with van der Waals surface area (Å²) >= 11 is 0. The monoisotopic (exact) mass is 298 g/mol.